The number of carbonyl (C=O) groups excluding carboxylic acids is 1. The molecule has 1 amide bonds. The first-order valence-electron chi connectivity index (χ1n) is 6.07. The van der Waals surface area contributed by atoms with Gasteiger partial charge in [-0.25, -0.2) is 4.79 Å². The van der Waals surface area contributed by atoms with Crippen molar-refractivity contribution < 1.29 is 19.8 Å². The molecule has 0 saturated heterocycles. The number of carboxylic acid groups (broad SMARTS) is 1. The quantitative estimate of drug-likeness (QED) is 0.810. The largest absolute Gasteiger partial charge is 0.507 e. The average Bonchev–Trinajstić information content (AvgIpc) is 2.41. The van der Waals surface area contributed by atoms with E-state index in [0.29, 0.717) is 16.3 Å². The van der Waals surface area contributed by atoms with Crippen LogP contribution in [0.25, 0.3) is 0 Å². The van der Waals surface area contributed by atoms with Crippen molar-refractivity contribution in [3.63, 3.8) is 0 Å². The molecule has 0 aliphatic rings. The molecule has 0 radical (unpaired) electrons. The Hall–Kier alpha value is -2.53. The number of carboxylic acids is 1. The number of aromatic carboxylic acids is 1. The number of hydrogen-bond donors (Lipinski definition) is 3. The van der Waals surface area contributed by atoms with Gasteiger partial charge in [-0.2, -0.15) is 0 Å². The number of rotatable bonds is 4. The monoisotopic (exact) mass is 305 g/mol. The molecule has 3 N–H and O–H groups in total. The zero-order valence-electron chi connectivity index (χ0n) is 10.8. The van der Waals surface area contributed by atoms with Crippen LogP contribution in [-0.2, 0) is 11.2 Å². The van der Waals surface area contributed by atoms with Crippen molar-refractivity contribution in [2.45, 2.75) is 6.42 Å². The highest BCUT2D eigenvalue weighted by molar-refractivity contribution is 6.31. The fourth-order valence-electron chi connectivity index (χ4n) is 1.81. The normalized spacial score (nSPS) is 10.1. The molecule has 6 heteroatoms. The Kier molecular flexibility index (Phi) is 4.45. The molecule has 0 spiro atoms. The molecule has 2 aromatic carbocycles. The van der Waals surface area contributed by atoms with Crippen LogP contribution in [0.2, 0.25) is 5.02 Å². The first-order valence-corrected chi connectivity index (χ1v) is 6.44. The minimum atomic E-state index is -1.23. The van der Waals surface area contributed by atoms with E-state index in [9.17, 15) is 14.7 Å². The van der Waals surface area contributed by atoms with E-state index in [1.807, 2.05) is 0 Å². The Morgan fingerprint density at radius 1 is 1.14 bits per heavy atom. The zero-order valence-corrected chi connectivity index (χ0v) is 11.6. The van der Waals surface area contributed by atoms with Crippen molar-refractivity contribution in [1.29, 1.82) is 0 Å². The molecule has 0 saturated carbocycles. The summed E-state index contributed by atoms with van der Waals surface area (Å²) < 4.78 is 0. The number of phenols is 1. The van der Waals surface area contributed by atoms with Gasteiger partial charge in [-0.05, 0) is 23.8 Å². The molecule has 5 nitrogen and oxygen atoms in total. The topological polar surface area (TPSA) is 86.6 Å². The molecule has 0 bridgehead atoms. The minimum Gasteiger partial charge on any atom is -0.507 e. The fourth-order valence-corrected chi connectivity index (χ4v) is 2.01. The maximum absolute atomic E-state index is 11.9. The summed E-state index contributed by atoms with van der Waals surface area (Å²) >= 11 is 5.97. The SMILES string of the molecule is O=C(Cc1ccccc1Cl)Nc1ccc(C(=O)O)c(O)c1. The van der Waals surface area contributed by atoms with Crippen molar-refractivity contribution in [2.75, 3.05) is 5.32 Å². The molecule has 21 heavy (non-hydrogen) atoms. The lowest BCUT2D eigenvalue weighted by molar-refractivity contribution is -0.115. The van der Waals surface area contributed by atoms with Crippen molar-refractivity contribution in [3.05, 3.63) is 58.6 Å². The van der Waals surface area contributed by atoms with Gasteiger partial charge in [0.2, 0.25) is 5.91 Å². The summed E-state index contributed by atoms with van der Waals surface area (Å²) in [4.78, 5) is 22.7. The highest BCUT2D eigenvalue weighted by Gasteiger charge is 2.11. The molecule has 0 aliphatic carbocycles. The van der Waals surface area contributed by atoms with Crippen LogP contribution in [0.4, 0.5) is 5.69 Å². The van der Waals surface area contributed by atoms with Crippen LogP contribution in [0.15, 0.2) is 42.5 Å². The summed E-state index contributed by atoms with van der Waals surface area (Å²) in [7, 11) is 0. The first kappa shape index (κ1) is 14.9. The average molecular weight is 306 g/mol. The lowest BCUT2D eigenvalue weighted by Crippen LogP contribution is -2.14. The molecule has 0 unspecified atom stereocenters. The highest BCUT2D eigenvalue weighted by atomic mass is 35.5. The second kappa shape index (κ2) is 6.28. The molecule has 0 heterocycles. The van der Waals surface area contributed by atoms with Gasteiger partial charge in [0.15, 0.2) is 0 Å². The van der Waals surface area contributed by atoms with Gasteiger partial charge < -0.3 is 15.5 Å². The predicted molar refractivity (Wildman–Crippen MR) is 78.9 cm³/mol. The smallest absolute Gasteiger partial charge is 0.339 e. The van der Waals surface area contributed by atoms with Gasteiger partial charge in [0.05, 0.1) is 6.42 Å². The Bertz CT molecular complexity index is 700. The Labute approximate surface area is 125 Å². The lowest BCUT2D eigenvalue weighted by Gasteiger charge is -2.08. The molecule has 2 aromatic rings. The number of benzene rings is 2. The number of aromatic hydroxyl groups is 1. The van der Waals surface area contributed by atoms with Crippen LogP contribution < -0.4 is 5.32 Å². The molecular formula is C15H12ClNO4. The molecule has 108 valence electrons. The van der Waals surface area contributed by atoms with Gasteiger partial charge in [-0.3, -0.25) is 4.79 Å². The van der Waals surface area contributed by atoms with Gasteiger partial charge in [-0.15, -0.1) is 0 Å². The lowest BCUT2D eigenvalue weighted by atomic mass is 10.1. The third-order valence-electron chi connectivity index (χ3n) is 2.82. The van der Waals surface area contributed by atoms with Crippen LogP contribution in [0.1, 0.15) is 15.9 Å². The molecule has 0 aromatic heterocycles. The maximum Gasteiger partial charge on any atom is 0.339 e. The summed E-state index contributed by atoms with van der Waals surface area (Å²) in [5, 5.41) is 21.4. The van der Waals surface area contributed by atoms with E-state index in [0.717, 1.165) is 0 Å². The van der Waals surface area contributed by atoms with Crippen molar-refractivity contribution in [1.82, 2.24) is 0 Å². The standard InChI is InChI=1S/C15H12ClNO4/c16-12-4-2-1-3-9(12)7-14(19)17-10-5-6-11(15(20)21)13(18)8-10/h1-6,8,18H,7H2,(H,17,19)(H,20,21). The van der Waals surface area contributed by atoms with Crippen molar-refractivity contribution in [3.8, 4) is 5.75 Å². The zero-order chi connectivity index (χ0) is 15.4. The number of hydrogen-bond acceptors (Lipinski definition) is 3. The van der Waals surface area contributed by atoms with E-state index < -0.39 is 11.7 Å². The molecule has 0 atom stereocenters. The summed E-state index contributed by atoms with van der Waals surface area (Å²) in [5.74, 6) is -1.95. The molecular weight excluding hydrogens is 294 g/mol. The number of halogens is 1. The third kappa shape index (κ3) is 3.73. The number of amides is 1. The van der Waals surface area contributed by atoms with E-state index in [1.165, 1.54) is 18.2 Å². The highest BCUT2D eigenvalue weighted by Crippen LogP contribution is 2.22. The second-order valence-electron chi connectivity index (χ2n) is 4.35. The van der Waals surface area contributed by atoms with E-state index in [-0.39, 0.29) is 17.9 Å². The summed E-state index contributed by atoms with van der Waals surface area (Å²) in [6.45, 7) is 0. The summed E-state index contributed by atoms with van der Waals surface area (Å²) in [5.41, 5.74) is 0.775. The number of anilines is 1. The van der Waals surface area contributed by atoms with Gasteiger partial charge >= 0.3 is 5.97 Å². The van der Waals surface area contributed by atoms with E-state index >= 15 is 0 Å². The number of carbonyl (C=O) groups is 2. The van der Waals surface area contributed by atoms with Crippen LogP contribution >= 0.6 is 11.6 Å². The van der Waals surface area contributed by atoms with Crippen molar-refractivity contribution >= 4 is 29.2 Å². The molecule has 0 fully saturated rings. The minimum absolute atomic E-state index is 0.0844. The molecule has 0 aliphatic heterocycles. The first-order chi connectivity index (χ1) is 9.97. The Morgan fingerprint density at radius 2 is 1.86 bits per heavy atom. The summed E-state index contributed by atoms with van der Waals surface area (Å²) in [6, 6.07) is 10.8. The van der Waals surface area contributed by atoms with Gasteiger partial charge in [0.25, 0.3) is 0 Å². The Morgan fingerprint density at radius 3 is 2.48 bits per heavy atom. The summed E-state index contributed by atoms with van der Waals surface area (Å²) in [6.07, 6.45) is 0.0844. The van der Waals surface area contributed by atoms with E-state index in [1.54, 1.807) is 24.3 Å². The van der Waals surface area contributed by atoms with Crippen molar-refractivity contribution in [2.24, 2.45) is 0 Å². The maximum atomic E-state index is 11.9. The predicted octanol–water partition coefficient (Wildman–Crippen LogP) is 2.93. The van der Waals surface area contributed by atoms with E-state index in [2.05, 4.69) is 5.32 Å². The van der Waals surface area contributed by atoms with Crippen LogP contribution in [0.3, 0.4) is 0 Å². The van der Waals surface area contributed by atoms with Gasteiger partial charge in [0.1, 0.15) is 11.3 Å². The Balaban J connectivity index is 2.08. The second-order valence-corrected chi connectivity index (χ2v) is 4.76. The third-order valence-corrected chi connectivity index (χ3v) is 3.19. The molecule has 2 rings (SSSR count). The van der Waals surface area contributed by atoms with Crippen LogP contribution in [0.5, 0.6) is 5.75 Å². The van der Waals surface area contributed by atoms with Gasteiger partial charge in [-0.1, -0.05) is 29.8 Å². The van der Waals surface area contributed by atoms with Crippen LogP contribution in [0, 0.1) is 0 Å². The fraction of sp³-hybridized carbons (Fsp3) is 0.0667. The van der Waals surface area contributed by atoms with E-state index in [4.69, 9.17) is 16.7 Å². The van der Waals surface area contributed by atoms with Crippen LogP contribution in [-0.4, -0.2) is 22.1 Å². The number of nitrogens with one attached hydrogen (secondary N) is 1. The van der Waals surface area contributed by atoms with Gasteiger partial charge in [0, 0.05) is 16.8 Å².